The number of sulfonamides is 1. The van der Waals surface area contributed by atoms with Gasteiger partial charge >= 0.3 is 0 Å². The van der Waals surface area contributed by atoms with Crippen LogP contribution in [0.3, 0.4) is 0 Å². The molecule has 0 radical (unpaired) electrons. The monoisotopic (exact) mass is 337 g/mol. The van der Waals surface area contributed by atoms with Gasteiger partial charge in [-0.15, -0.1) is 22.7 Å². The summed E-state index contributed by atoms with van der Waals surface area (Å²) in [6.07, 6.45) is 1.70. The van der Waals surface area contributed by atoms with Crippen LogP contribution in [0, 0.1) is 0 Å². The molecule has 5 nitrogen and oxygen atoms in total. The molecular formula is C13H11N3O2S3. The number of thiazole rings is 1. The second kappa shape index (κ2) is 6.02. The van der Waals surface area contributed by atoms with Crippen molar-refractivity contribution in [3.63, 3.8) is 0 Å². The van der Waals surface area contributed by atoms with E-state index < -0.39 is 10.0 Å². The standard InChI is InChI=1S/C13H11N3O2S3/c17-21(18,13-5-3-7-19-13)15-8-12-16-11(9-20-12)10-4-1-2-6-14-10/h1-7,9,15H,8H2. The molecule has 3 rings (SSSR count). The quantitative estimate of drug-likeness (QED) is 0.777. The predicted molar refractivity (Wildman–Crippen MR) is 83.7 cm³/mol. The highest BCUT2D eigenvalue weighted by Crippen LogP contribution is 2.20. The number of thiophene rings is 1. The molecule has 0 bridgehead atoms. The average Bonchev–Trinajstić information content (AvgIpc) is 3.18. The van der Waals surface area contributed by atoms with Gasteiger partial charge in [0.05, 0.1) is 17.9 Å². The van der Waals surface area contributed by atoms with Crippen molar-refractivity contribution in [2.45, 2.75) is 10.8 Å². The summed E-state index contributed by atoms with van der Waals surface area (Å²) in [5, 5.41) is 4.31. The second-order valence-corrected chi connectivity index (χ2v) is 7.98. The first-order chi connectivity index (χ1) is 10.1. The lowest BCUT2D eigenvalue weighted by Crippen LogP contribution is -2.22. The number of pyridine rings is 1. The summed E-state index contributed by atoms with van der Waals surface area (Å²) in [5.41, 5.74) is 1.53. The smallest absolute Gasteiger partial charge is 0.250 e. The lowest BCUT2D eigenvalue weighted by atomic mass is 10.3. The fourth-order valence-electron chi connectivity index (χ4n) is 1.67. The highest BCUT2D eigenvalue weighted by molar-refractivity contribution is 7.91. The van der Waals surface area contributed by atoms with E-state index in [4.69, 9.17) is 0 Å². The molecule has 108 valence electrons. The minimum absolute atomic E-state index is 0.178. The Morgan fingerprint density at radius 2 is 2.00 bits per heavy atom. The Hall–Kier alpha value is -1.61. The molecule has 21 heavy (non-hydrogen) atoms. The first-order valence-corrected chi connectivity index (χ1v) is 9.28. The Morgan fingerprint density at radius 3 is 2.71 bits per heavy atom. The number of nitrogens with zero attached hydrogens (tertiary/aromatic N) is 2. The van der Waals surface area contributed by atoms with E-state index >= 15 is 0 Å². The van der Waals surface area contributed by atoms with Gasteiger partial charge in [-0.25, -0.2) is 18.1 Å². The highest BCUT2D eigenvalue weighted by atomic mass is 32.2. The Kier molecular flexibility index (Phi) is 4.11. The third-order valence-electron chi connectivity index (χ3n) is 2.65. The minimum Gasteiger partial charge on any atom is -0.255 e. The van der Waals surface area contributed by atoms with E-state index in [1.165, 1.54) is 22.7 Å². The van der Waals surface area contributed by atoms with Crippen LogP contribution < -0.4 is 4.72 Å². The van der Waals surface area contributed by atoms with Crippen molar-refractivity contribution in [1.29, 1.82) is 0 Å². The molecule has 8 heteroatoms. The van der Waals surface area contributed by atoms with Gasteiger partial charge in [0.25, 0.3) is 0 Å². The van der Waals surface area contributed by atoms with E-state index in [1.54, 1.807) is 23.7 Å². The van der Waals surface area contributed by atoms with Gasteiger partial charge in [0, 0.05) is 11.6 Å². The summed E-state index contributed by atoms with van der Waals surface area (Å²) < 4.78 is 26.9. The molecule has 0 saturated carbocycles. The maximum Gasteiger partial charge on any atom is 0.250 e. The van der Waals surface area contributed by atoms with Gasteiger partial charge in [0.15, 0.2) is 0 Å². The number of aromatic nitrogens is 2. The Bertz CT molecular complexity index is 811. The molecule has 0 saturated heterocycles. The Morgan fingerprint density at radius 1 is 1.10 bits per heavy atom. The largest absolute Gasteiger partial charge is 0.255 e. The SMILES string of the molecule is O=S(=O)(NCc1nc(-c2ccccn2)cs1)c1cccs1. The van der Waals surface area contributed by atoms with Crippen LogP contribution in [0.5, 0.6) is 0 Å². The number of hydrogen-bond donors (Lipinski definition) is 1. The molecule has 0 aromatic carbocycles. The molecule has 3 aromatic heterocycles. The lowest BCUT2D eigenvalue weighted by Gasteiger charge is -2.01. The van der Waals surface area contributed by atoms with Gasteiger partial charge in [-0.1, -0.05) is 12.1 Å². The van der Waals surface area contributed by atoms with Crippen LogP contribution in [0.2, 0.25) is 0 Å². The third kappa shape index (κ3) is 3.35. The molecule has 0 unspecified atom stereocenters. The molecule has 0 atom stereocenters. The van der Waals surface area contributed by atoms with Gasteiger partial charge in [-0.05, 0) is 23.6 Å². The van der Waals surface area contributed by atoms with Crippen LogP contribution in [-0.2, 0) is 16.6 Å². The average molecular weight is 337 g/mol. The van der Waals surface area contributed by atoms with E-state index in [-0.39, 0.29) is 6.54 Å². The summed E-state index contributed by atoms with van der Waals surface area (Å²) in [7, 11) is -3.45. The summed E-state index contributed by atoms with van der Waals surface area (Å²) in [6, 6.07) is 8.89. The minimum atomic E-state index is -3.45. The fraction of sp³-hybridized carbons (Fsp3) is 0.0769. The van der Waals surface area contributed by atoms with Gasteiger partial charge in [-0.2, -0.15) is 0 Å². The molecule has 1 N–H and O–H groups in total. The van der Waals surface area contributed by atoms with Gasteiger partial charge in [0.2, 0.25) is 10.0 Å². The van der Waals surface area contributed by atoms with Crippen LogP contribution >= 0.6 is 22.7 Å². The molecule has 3 heterocycles. The maximum absolute atomic E-state index is 12.0. The number of hydrogen-bond acceptors (Lipinski definition) is 6. The van der Waals surface area contributed by atoms with Crippen molar-refractivity contribution >= 4 is 32.7 Å². The van der Waals surface area contributed by atoms with Crippen molar-refractivity contribution in [2.24, 2.45) is 0 Å². The Labute approximate surface area is 130 Å². The van der Waals surface area contributed by atoms with Crippen molar-refractivity contribution < 1.29 is 8.42 Å². The van der Waals surface area contributed by atoms with Crippen LogP contribution in [0.4, 0.5) is 0 Å². The van der Waals surface area contributed by atoms with E-state index in [0.717, 1.165) is 11.4 Å². The normalized spacial score (nSPS) is 11.6. The zero-order valence-electron chi connectivity index (χ0n) is 10.8. The van der Waals surface area contributed by atoms with Crippen molar-refractivity contribution in [3.05, 3.63) is 52.3 Å². The van der Waals surface area contributed by atoms with Gasteiger partial charge in [-0.3, -0.25) is 4.98 Å². The van der Waals surface area contributed by atoms with Crippen molar-refractivity contribution in [2.75, 3.05) is 0 Å². The van der Waals surface area contributed by atoms with Crippen LogP contribution in [0.15, 0.2) is 51.5 Å². The maximum atomic E-state index is 12.0. The molecule has 3 aromatic rings. The first-order valence-electron chi connectivity index (χ1n) is 6.04. The Balaban J connectivity index is 1.71. The number of nitrogens with one attached hydrogen (secondary N) is 1. The highest BCUT2D eigenvalue weighted by Gasteiger charge is 2.15. The van der Waals surface area contributed by atoms with E-state index in [9.17, 15) is 8.42 Å². The van der Waals surface area contributed by atoms with E-state index in [2.05, 4.69) is 14.7 Å². The van der Waals surface area contributed by atoms with Crippen molar-refractivity contribution in [3.8, 4) is 11.4 Å². The van der Waals surface area contributed by atoms with Crippen molar-refractivity contribution in [1.82, 2.24) is 14.7 Å². The second-order valence-electron chi connectivity index (χ2n) is 4.10. The van der Waals surface area contributed by atoms with E-state index in [1.807, 2.05) is 23.6 Å². The summed E-state index contributed by atoms with van der Waals surface area (Å²) in [4.78, 5) is 8.62. The summed E-state index contributed by atoms with van der Waals surface area (Å²) in [6.45, 7) is 0.178. The van der Waals surface area contributed by atoms with E-state index in [0.29, 0.717) is 9.22 Å². The molecule has 0 amide bonds. The van der Waals surface area contributed by atoms with Crippen LogP contribution in [0.25, 0.3) is 11.4 Å². The van der Waals surface area contributed by atoms with Crippen LogP contribution in [-0.4, -0.2) is 18.4 Å². The molecule has 0 aliphatic rings. The zero-order valence-corrected chi connectivity index (χ0v) is 13.2. The zero-order chi connectivity index (χ0) is 14.7. The number of rotatable bonds is 5. The molecule has 0 spiro atoms. The topological polar surface area (TPSA) is 72.0 Å². The third-order valence-corrected chi connectivity index (χ3v) is 6.30. The predicted octanol–water partition coefficient (Wildman–Crippen LogP) is 2.75. The van der Waals surface area contributed by atoms with Gasteiger partial charge < -0.3 is 0 Å². The molecule has 0 aliphatic heterocycles. The fourth-order valence-corrected chi connectivity index (χ4v) is 4.51. The lowest BCUT2D eigenvalue weighted by molar-refractivity contribution is 0.583. The van der Waals surface area contributed by atoms with Gasteiger partial charge in [0.1, 0.15) is 9.22 Å². The molecule has 0 fully saturated rings. The molecule has 0 aliphatic carbocycles. The first kappa shape index (κ1) is 14.3. The summed E-state index contributed by atoms with van der Waals surface area (Å²) >= 11 is 2.60. The molecular weight excluding hydrogens is 326 g/mol. The summed E-state index contributed by atoms with van der Waals surface area (Å²) in [5.74, 6) is 0. The van der Waals surface area contributed by atoms with Crippen LogP contribution in [0.1, 0.15) is 5.01 Å².